The predicted octanol–water partition coefficient (Wildman–Crippen LogP) is 3.67. The minimum Gasteiger partial charge on any atom is -0.493 e. The van der Waals surface area contributed by atoms with Crippen LogP contribution in [0.1, 0.15) is 5.56 Å². The fraction of sp³-hybridized carbons (Fsp3) is 0.182. The number of carbonyl (C=O) groups is 1. The second-order valence-corrected chi connectivity index (χ2v) is 11.0. The van der Waals surface area contributed by atoms with Crippen LogP contribution < -0.4 is 14.8 Å². The summed E-state index contributed by atoms with van der Waals surface area (Å²) < 4.78 is 34.0. The van der Waals surface area contributed by atoms with E-state index in [1.165, 1.54) is 13.2 Å². The summed E-state index contributed by atoms with van der Waals surface area (Å²) in [7, 11) is -2.04. The maximum Gasteiger partial charge on any atom is 0.268 e. The van der Waals surface area contributed by atoms with Gasteiger partial charge in [-0.3, -0.25) is 10.1 Å². The van der Waals surface area contributed by atoms with Crippen molar-refractivity contribution in [1.82, 2.24) is 10.2 Å². The van der Waals surface area contributed by atoms with Crippen LogP contribution in [-0.2, 0) is 14.6 Å². The standard InChI is InChI=1S/C22H20N4O5S3/c1-30-19-13-15(8-9-18(19)31-10-11-32-17-6-4-3-5-7-17)12-16(14-23)20(27)24-21-25-26-22(33-21)34(2,28)29/h3-9,12-13H,10-11H2,1-2H3,(H,24,25,27). The number of hydrogen-bond donors (Lipinski definition) is 1. The summed E-state index contributed by atoms with van der Waals surface area (Å²) in [6.45, 7) is 0.467. The van der Waals surface area contributed by atoms with Crippen LogP contribution in [0, 0.1) is 11.3 Å². The van der Waals surface area contributed by atoms with Crippen molar-refractivity contribution in [2.75, 3.05) is 31.0 Å². The first-order valence-corrected chi connectivity index (χ1v) is 13.4. The first kappa shape index (κ1) is 25.2. The molecule has 12 heteroatoms. The van der Waals surface area contributed by atoms with E-state index in [-0.39, 0.29) is 15.0 Å². The van der Waals surface area contributed by atoms with Crippen molar-refractivity contribution < 1.29 is 22.7 Å². The summed E-state index contributed by atoms with van der Waals surface area (Å²) in [5.41, 5.74) is 0.342. The lowest BCUT2D eigenvalue weighted by Crippen LogP contribution is -2.13. The van der Waals surface area contributed by atoms with E-state index in [0.29, 0.717) is 35.0 Å². The van der Waals surface area contributed by atoms with E-state index < -0.39 is 15.7 Å². The molecule has 0 aliphatic carbocycles. The fourth-order valence-electron chi connectivity index (χ4n) is 2.61. The Kier molecular flexibility index (Phi) is 8.64. The smallest absolute Gasteiger partial charge is 0.268 e. The molecule has 0 radical (unpaired) electrons. The lowest BCUT2D eigenvalue weighted by Gasteiger charge is -2.11. The molecule has 0 atom stereocenters. The first-order valence-electron chi connectivity index (χ1n) is 9.75. The molecule has 3 aromatic rings. The predicted molar refractivity (Wildman–Crippen MR) is 131 cm³/mol. The van der Waals surface area contributed by atoms with Gasteiger partial charge >= 0.3 is 0 Å². The number of nitrogens with zero attached hydrogens (tertiary/aromatic N) is 3. The van der Waals surface area contributed by atoms with Gasteiger partial charge < -0.3 is 9.47 Å². The molecule has 9 nitrogen and oxygen atoms in total. The Labute approximate surface area is 205 Å². The second-order valence-electron chi connectivity index (χ2n) is 6.69. The van der Waals surface area contributed by atoms with Crippen molar-refractivity contribution in [3.8, 4) is 17.6 Å². The van der Waals surface area contributed by atoms with Crippen LogP contribution in [0.5, 0.6) is 11.5 Å². The summed E-state index contributed by atoms with van der Waals surface area (Å²) in [5.74, 6) is 1.01. The molecule has 0 aliphatic rings. The maximum absolute atomic E-state index is 12.4. The zero-order valence-electron chi connectivity index (χ0n) is 18.2. The summed E-state index contributed by atoms with van der Waals surface area (Å²) >= 11 is 2.38. The van der Waals surface area contributed by atoms with Crippen LogP contribution in [0.15, 0.2) is 63.3 Å². The zero-order valence-corrected chi connectivity index (χ0v) is 20.7. The fourth-order valence-corrected chi connectivity index (χ4v) is 4.87. The van der Waals surface area contributed by atoms with Crippen LogP contribution >= 0.6 is 23.1 Å². The quantitative estimate of drug-likeness (QED) is 0.141. The lowest BCUT2D eigenvalue weighted by atomic mass is 10.1. The van der Waals surface area contributed by atoms with Gasteiger partial charge in [0.05, 0.1) is 13.7 Å². The average Bonchev–Trinajstić information content (AvgIpc) is 3.30. The van der Waals surface area contributed by atoms with Gasteiger partial charge in [-0.25, -0.2) is 8.42 Å². The van der Waals surface area contributed by atoms with Crippen LogP contribution in [0.25, 0.3) is 6.08 Å². The van der Waals surface area contributed by atoms with E-state index in [1.807, 2.05) is 36.4 Å². The second kappa shape index (κ2) is 11.6. The number of ether oxygens (including phenoxy) is 2. The summed E-state index contributed by atoms with van der Waals surface area (Å²) in [5, 5.41) is 18.9. The van der Waals surface area contributed by atoms with Crippen molar-refractivity contribution in [2.24, 2.45) is 0 Å². The Bertz CT molecular complexity index is 1330. The maximum atomic E-state index is 12.4. The molecule has 176 valence electrons. The van der Waals surface area contributed by atoms with Crippen LogP contribution in [-0.4, -0.2) is 50.2 Å². The molecule has 34 heavy (non-hydrogen) atoms. The van der Waals surface area contributed by atoms with Gasteiger partial charge in [0, 0.05) is 16.9 Å². The summed E-state index contributed by atoms with van der Waals surface area (Å²) in [6, 6.07) is 16.9. The third kappa shape index (κ3) is 7.05. The third-order valence-corrected chi connectivity index (χ3v) is 7.64. The summed E-state index contributed by atoms with van der Waals surface area (Å²) in [6.07, 6.45) is 2.37. The number of nitriles is 1. The Morgan fingerprint density at radius 2 is 1.97 bits per heavy atom. The van der Waals surface area contributed by atoms with E-state index in [2.05, 4.69) is 15.5 Å². The van der Waals surface area contributed by atoms with Crippen LogP contribution in [0.4, 0.5) is 5.13 Å². The molecule has 0 fully saturated rings. The number of amides is 1. The van der Waals surface area contributed by atoms with Gasteiger partial charge in [0.2, 0.25) is 19.3 Å². The number of aromatic nitrogens is 2. The highest BCUT2D eigenvalue weighted by molar-refractivity contribution is 7.99. The highest BCUT2D eigenvalue weighted by atomic mass is 32.2. The Morgan fingerprint density at radius 1 is 1.21 bits per heavy atom. The molecule has 0 spiro atoms. The number of nitrogens with one attached hydrogen (secondary N) is 1. The molecule has 1 amide bonds. The molecule has 2 aromatic carbocycles. The average molecular weight is 517 g/mol. The molecule has 3 rings (SSSR count). The summed E-state index contributed by atoms with van der Waals surface area (Å²) in [4.78, 5) is 13.6. The number of hydrogen-bond acceptors (Lipinski definition) is 10. The van der Waals surface area contributed by atoms with Gasteiger partial charge in [-0.05, 0) is 35.9 Å². The van der Waals surface area contributed by atoms with Crippen molar-refractivity contribution in [2.45, 2.75) is 9.24 Å². The van der Waals surface area contributed by atoms with Gasteiger partial charge in [-0.2, -0.15) is 5.26 Å². The largest absolute Gasteiger partial charge is 0.493 e. The SMILES string of the molecule is COc1cc(C=C(C#N)C(=O)Nc2nnc(S(C)(=O)=O)s2)ccc1OCCSc1ccccc1. The number of benzene rings is 2. The van der Waals surface area contributed by atoms with E-state index in [0.717, 1.165) is 16.9 Å². The topological polar surface area (TPSA) is 131 Å². The molecule has 1 aromatic heterocycles. The number of carbonyl (C=O) groups excluding carboxylic acids is 1. The lowest BCUT2D eigenvalue weighted by molar-refractivity contribution is -0.112. The molecule has 0 bridgehead atoms. The highest BCUT2D eigenvalue weighted by Crippen LogP contribution is 2.29. The molecular weight excluding hydrogens is 496 g/mol. The minimum atomic E-state index is -3.54. The molecule has 0 aliphatic heterocycles. The monoisotopic (exact) mass is 516 g/mol. The van der Waals surface area contributed by atoms with Gasteiger partial charge in [0.1, 0.15) is 11.6 Å². The van der Waals surface area contributed by atoms with Crippen molar-refractivity contribution in [1.29, 1.82) is 5.26 Å². The molecule has 1 heterocycles. The Hall–Kier alpha value is -3.40. The Morgan fingerprint density at radius 3 is 2.62 bits per heavy atom. The number of rotatable bonds is 10. The van der Waals surface area contributed by atoms with Gasteiger partial charge in [-0.15, -0.1) is 22.0 Å². The molecule has 0 unspecified atom stereocenters. The molecule has 1 N–H and O–H groups in total. The van der Waals surface area contributed by atoms with Gasteiger partial charge in [0.15, 0.2) is 11.5 Å². The first-order chi connectivity index (χ1) is 16.3. The number of methoxy groups -OCH3 is 1. The highest BCUT2D eigenvalue weighted by Gasteiger charge is 2.17. The normalized spacial score (nSPS) is 11.5. The van der Waals surface area contributed by atoms with Gasteiger partial charge in [0.25, 0.3) is 5.91 Å². The number of sulfone groups is 1. The van der Waals surface area contributed by atoms with E-state index in [9.17, 15) is 18.5 Å². The molecule has 0 saturated carbocycles. The van der Waals surface area contributed by atoms with Crippen molar-refractivity contribution >= 4 is 50.1 Å². The number of thioether (sulfide) groups is 1. The van der Waals surface area contributed by atoms with E-state index >= 15 is 0 Å². The van der Waals surface area contributed by atoms with Gasteiger partial charge in [-0.1, -0.05) is 35.6 Å². The van der Waals surface area contributed by atoms with Crippen LogP contribution in [0.3, 0.4) is 0 Å². The van der Waals surface area contributed by atoms with Crippen LogP contribution in [0.2, 0.25) is 0 Å². The molecular formula is C22H20N4O5S3. The Balaban J connectivity index is 1.65. The third-order valence-electron chi connectivity index (χ3n) is 4.16. The van der Waals surface area contributed by atoms with E-state index in [4.69, 9.17) is 9.47 Å². The van der Waals surface area contributed by atoms with Crippen molar-refractivity contribution in [3.05, 3.63) is 59.7 Å². The number of anilines is 1. The van der Waals surface area contributed by atoms with Crippen molar-refractivity contribution in [3.63, 3.8) is 0 Å². The minimum absolute atomic E-state index is 0.0266. The molecule has 0 saturated heterocycles. The zero-order chi connectivity index (χ0) is 24.6. The van der Waals surface area contributed by atoms with E-state index in [1.54, 1.807) is 30.0 Å².